The van der Waals surface area contributed by atoms with E-state index < -0.39 is 0 Å². The van der Waals surface area contributed by atoms with Crippen LogP contribution in [0.15, 0.2) is 67.0 Å². The topological polar surface area (TPSA) is 99.4 Å². The summed E-state index contributed by atoms with van der Waals surface area (Å²) in [4.78, 5) is 8.82. The molecule has 0 saturated heterocycles. The number of nitrogens with one attached hydrogen (secondary N) is 2. The molecule has 0 saturated carbocycles. The highest BCUT2D eigenvalue weighted by Crippen LogP contribution is 2.24. The highest BCUT2D eigenvalue weighted by Gasteiger charge is 2.07. The Hall–Kier alpha value is -4.05. The number of aromatic nitrogens is 4. The molecule has 0 amide bonds. The van der Waals surface area contributed by atoms with Gasteiger partial charge in [0.2, 0.25) is 5.95 Å². The van der Waals surface area contributed by atoms with Crippen LogP contribution in [0, 0.1) is 11.3 Å². The van der Waals surface area contributed by atoms with Crippen LogP contribution >= 0.6 is 0 Å². The van der Waals surface area contributed by atoms with E-state index in [0.29, 0.717) is 23.0 Å². The van der Waals surface area contributed by atoms with Crippen LogP contribution in [0.25, 0.3) is 10.9 Å². The van der Waals surface area contributed by atoms with Crippen LogP contribution in [0.2, 0.25) is 0 Å². The average Bonchev–Trinajstić information content (AvgIpc) is 2.69. The fraction of sp³-hybridized carbons (Fsp3) is 0. The number of benzene rings is 2. The predicted molar refractivity (Wildman–Crippen MR) is 99.3 cm³/mol. The molecule has 0 radical (unpaired) electrons. The number of hydrogen-bond acceptors (Lipinski definition) is 7. The first-order chi connectivity index (χ1) is 12.8. The molecule has 124 valence electrons. The maximum absolute atomic E-state index is 9.18. The monoisotopic (exact) mass is 339 g/mol. The smallest absolute Gasteiger partial charge is 0.249 e. The van der Waals surface area contributed by atoms with Crippen LogP contribution in [-0.4, -0.2) is 20.2 Å². The summed E-state index contributed by atoms with van der Waals surface area (Å²) in [5, 5.41) is 24.4. The lowest BCUT2D eigenvalue weighted by Gasteiger charge is -2.10. The molecule has 0 aliphatic heterocycles. The summed E-state index contributed by atoms with van der Waals surface area (Å²) >= 11 is 0. The number of pyridine rings is 1. The first-order valence-corrected chi connectivity index (χ1v) is 7.90. The fourth-order valence-corrected chi connectivity index (χ4v) is 2.57. The predicted octanol–water partition coefficient (Wildman–Crippen LogP) is 3.78. The van der Waals surface area contributed by atoms with Crippen molar-refractivity contribution in [3.8, 4) is 6.07 Å². The summed E-state index contributed by atoms with van der Waals surface area (Å²) in [5.41, 5.74) is 2.80. The minimum atomic E-state index is 0.297. The maximum atomic E-state index is 9.18. The fourth-order valence-electron chi connectivity index (χ4n) is 2.57. The van der Waals surface area contributed by atoms with Crippen molar-refractivity contribution in [2.24, 2.45) is 0 Å². The lowest BCUT2D eigenvalue weighted by molar-refractivity contribution is 0.982. The van der Waals surface area contributed by atoms with Gasteiger partial charge in [-0.05, 0) is 24.3 Å². The third kappa shape index (κ3) is 3.12. The number of nitrogens with zero attached hydrogens (tertiary/aromatic N) is 5. The van der Waals surface area contributed by atoms with Crippen LogP contribution < -0.4 is 10.6 Å². The van der Waals surface area contributed by atoms with Crippen molar-refractivity contribution in [2.75, 3.05) is 10.6 Å². The van der Waals surface area contributed by atoms with Crippen LogP contribution in [0.3, 0.4) is 0 Å². The van der Waals surface area contributed by atoms with Gasteiger partial charge >= 0.3 is 0 Å². The molecule has 2 heterocycles. The van der Waals surface area contributed by atoms with Gasteiger partial charge in [0.25, 0.3) is 0 Å². The van der Waals surface area contributed by atoms with Crippen molar-refractivity contribution in [3.05, 3.63) is 72.6 Å². The minimum absolute atomic E-state index is 0.297. The second kappa shape index (κ2) is 6.83. The van der Waals surface area contributed by atoms with Gasteiger partial charge in [-0.25, -0.2) is 0 Å². The number of nitriles is 1. The summed E-state index contributed by atoms with van der Waals surface area (Å²) in [6.45, 7) is 0. The van der Waals surface area contributed by atoms with Crippen molar-refractivity contribution >= 4 is 34.0 Å². The van der Waals surface area contributed by atoms with Crippen molar-refractivity contribution in [1.29, 1.82) is 5.26 Å². The lowest BCUT2D eigenvalue weighted by Crippen LogP contribution is -2.03. The summed E-state index contributed by atoms with van der Waals surface area (Å²) in [7, 11) is 0. The maximum Gasteiger partial charge on any atom is 0.249 e. The van der Waals surface area contributed by atoms with Gasteiger partial charge in [-0.1, -0.05) is 30.3 Å². The number of anilines is 4. The van der Waals surface area contributed by atoms with Crippen molar-refractivity contribution in [2.45, 2.75) is 0 Å². The Kier molecular flexibility index (Phi) is 4.06. The Bertz CT molecular complexity index is 1110. The van der Waals surface area contributed by atoms with Crippen molar-refractivity contribution in [1.82, 2.24) is 20.2 Å². The van der Waals surface area contributed by atoms with E-state index in [1.165, 1.54) is 6.20 Å². The van der Waals surface area contributed by atoms with Gasteiger partial charge in [-0.15, -0.1) is 5.10 Å². The van der Waals surface area contributed by atoms with Crippen LogP contribution in [0.5, 0.6) is 0 Å². The molecule has 0 spiro atoms. The summed E-state index contributed by atoms with van der Waals surface area (Å²) in [6, 6.07) is 19.0. The Morgan fingerprint density at radius 2 is 1.73 bits per heavy atom. The third-order valence-electron chi connectivity index (χ3n) is 3.75. The van der Waals surface area contributed by atoms with Gasteiger partial charge in [0, 0.05) is 11.6 Å². The number of hydrogen-bond donors (Lipinski definition) is 2. The highest BCUT2D eigenvalue weighted by molar-refractivity contribution is 5.91. The molecule has 7 heteroatoms. The molecule has 2 aromatic carbocycles. The second-order valence-electron chi connectivity index (χ2n) is 5.45. The Labute approximate surface area is 149 Å². The zero-order valence-corrected chi connectivity index (χ0v) is 13.6. The molecule has 0 bridgehead atoms. The average molecular weight is 339 g/mol. The van der Waals surface area contributed by atoms with Gasteiger partial charge in [0.1, 0.15) is 6.07 Å². The standard InChI is InChI=1S/C19H13N7/c20-11-14-5-1-2-8-15(14)24-19-25-17(12-22-26-19)23-16-9-3-6-13-7-4-10-21-18(13)16/h1-10,12H,(H2,23,24,25,26). The first kappa shape index (κ1) is 15.5. The van der Waals surface area contributed by atoms with Gasteiger partial charge in [-0.2, -0.15) is 15.3 Å². The molecule has 0 aliphatic carbocycles. The quantitative estimate of drug-likeness (QED) is 0.583. The second-order valence-corrected chi connectivity index (χ2v) is 5.45. The highest BCUT2D eigenvalue weighted by atomic mass is 15.3. The van der Waals surface area contributed by atoms with E-state index in [2.05, 4.69) is 36.9 Å². The van der Waals surface area contributed by atoms with E-state index in [1.54, 1.807) is 24.4 Å². The van der Waals surface area contributed by atoms with E-state index >= 15 is 0 Å². The number of para-hydroxylation sites is 2. The molecule has 7 nitrogen and oxygen atoms in total. The SMILES string of the molecule is N#Cc1ccccc1Nc1nncc(Nc2cccc3cccnc23)n1. The van der Waals surface area contributed by atoms with Gasteiger partial charge in [0.15, 0.2) is 5.82 Å². The molecule has 0 atom stereocenters. The molecular formula is C19H13N7. The minimum Gasteiger partial charge on any atom is -0.337 e. The van der Waals surface area contributed by atoms with Gasteiger partial charge < -0.3 is 10.6 Å². The Morgan fingerprint density at radius 1 is 0.885 bits per heavy atom. The molecule has 4 rings (SSSR count). The molecule has 2 aromatic heterocycles. The number of fused-ring (bicyclic) bond motifs is 1. The molecular weight excluding hydrogens is 326 g/mol. The summed E-state index contributed by atoms with van der Waals surface area (Å²) in [5.74, 6) is 0.820. The Morgan fingerprint density at radius 3 is 2.65 bits per heavy atom. The summed E-state index contributed by atoms with van der Waals surface area (Å²) < 4.78 is 0. The van der Waals surface area contributed by atoms with Crippen molar-refractivity contribution in [3.63, 3.8) is 0 Å². The molecule has 2 N–H and O–H groups in total. The van der Waals surface area contributed by atoms with Crippen LogP contribution in [0.1, 0.15) is 5.56 Å². The van der Waals surface area contributed by atoms with E-state index in [1.807, 2.05) is 36.4 Å². The molecule has 26 heavy (non-hydrogen) atoms. The molecule has 0 aliphatic rings. The lowest BCUT2D eigenvalue weighted by atomic mass is 10.2. The van der Waals surface area contributed by atoms with Crippen molar-refractivity contribution < 1.29 is 0 Å². The van der Waals surface area contributed by atoms with E-state index in [9.17, 15) is 5.26 Å². The molecule has 4 aromatic rings. The number of rotatable bonds is 4. The molecule has 0 fully saturated rings. The zero-order valence-electron chi connectivity index (χ0n) is 13.6. The largest absolute Gasteiger partial charge is 0.337 e. The van der Waals surface area contributed by atoms with Gasteiger partial charge in [-0.3, -0.25) is 4.98 Å². The van der Waals surface area contributed by atoms with E-state index in [4.69, 9.17) is 0 Å². The van der Waals surface area contributed by atoms with E-state index in [-0.39, 0.29) is 0 Å². The zero-order chi connectivity index (χ0) is 17.8. The summed E-state index contributed by atoms with van der Waals surface area (Å²) in [6.07, 6.45) is 3.28. The van der Waals surface area contributed by atoms with E-state index in [0.717, 1.165) is 16.6 Å². The van der Waals surface area contributed by atoms with Crippen LogP contribution in [-0.2, 0) is 0 Å². The normalized spacial score (nSPS) is 10.3. The Balaban J connectivity index is 1.63. The van der Waals surface area contributed by atoms with Crippen LogP contribution in [0.4, 0.5) is 23.1 Å². The molecule has 0 unspecified atom stereocenters. The third-order valence-corrected chi connectivity index (χ3v) is 3.75. The van der Waals surface area contributed by atoms with Gasteiger partial charge in [0.05, 0.1) is 28.7 Å². The first-order valence-electron chi connectivity index (χ1n) is 7.90.